The minimum atomic E-state index is -2.22. The fourth-order valence-corrected chi connectivity index (χ4v) is 3.54. The first-order valence-corrected chi connectivity index (χ1v) is 7.53. The maximum absolute atomic E-state index is 13.7. The molecule has 1 aromatic rings. The summed E-state index contributed by atoms with van der Waals surface area (Å²) >= 11 is 0. The quantitative estimate of drug-likeness (QED) is 0.506. The lowest BCUT2D eigenvalue weighted by atomic mass is 10.00. The lowest BCUT2D eigenvalue weighted by Crippen LogP contribution is -2.52. The van der Waals surface area contributed by atoms with E-state index < -0.39 is 40.9 Å². The number of carbonyl (C=O) groups excluding carboxylic acids is 1. The van der Waals surface area contributed by atoms with E-state index in [0.29, 0.717) is 12.8 Å². The first-order valence-electron chi connectivity index (χ1n) is 7.53. The largest absolute Gasteiger partial charge is 0.484 e. The molecular weight excluding hydrogens is 335 g/mol. The molecule has 2 aliphatic rings. The van der Waals surface area contributed by atoms with Crippen molar-refractivity contribution in [2.75, 3.05) is 7.05 Å². The van der Waals surface area contributed by atoms with Gasteiger partial charge in [-0.3, -0.25) is 0 Å². The summed E-state index contributed by atoms with van der Waals surface area (Å²) in [7, 11) is 1.50. The molecule has 0 radical (unpaired) electrons. The van der Waals surface area contributed by atoms with Crippen LogP contribution in [0.2, 0.25) is 0 Å². The Labute approximate surface area is 134 Å². The van der Waals surface area contributed by atoms with Gasteiger partial charge in [0.05, 0.1) is 0 Å². The molecule has 2 atom stereocenters. The van der Waals surface area contributed by atoms with E-state index in [9.17, 15) is 26.7 Å². The third kappa shape index (κ3) is 2.55. The Morgan fingerprint density at radius 3 is 1.88 bits per heavy atom. The van der Waals surface area contributed by atoms with Crippen LogP contribution in [-0.2, 0) is 0 Å². The number of hydrogen-bond donors (Lipinski definition) is 1. The van der Waals surface area contributed by atoms with E-state index in [1.54, 1.807) is 4.90 Å². The maximum Gasteiger partial charge on any atom is 0.317 e. The average molecular weight is 350 g/mol. The normalized spacial score (nSPS) is 25.8. The predicted molar refractivity (Wildman–Crippen MR) is 73.0 cm³/mol. The van der Waals surface area contributed by atoms with Crippen molar-refractivity contribution in [3.8, 4) is 5.75 Å². The number of carbonyl (C=O) groups is 1. The number of piperidine rings is 1. The van der Waals surface area contributed by atoms with Gasteiger partial charge in [0.15, 0.2) is 5.75 Å². The highest BCUT2D eigenvalue weighted by Crippen LogP contribution is 2.38. The Morgan fingerprint density at radius 2 is 1.42 bits per heavy atom. The van der Waals surface area contributed by atoms with E-state index in [4.69, 9.17) is 4.74 Å². The fraction of sp³-hybridized carbons (Fsp3) is 0.533. The molecule has 0 spiro atoms. The highest BCUT2D eigenvalue weighted by atomic mass is 19.2. The van der Waals surface area contributed by atoms with Gasteiger partial charge in [0.25, 0.3) is 0 Å². The molecule has 24 heavy (non-hydrogen) atoms. The Bertz CT molecular complexity index is 641. The molecule has 3 rings (SSSR count). The van der Waals surface area contributed by atoms with Gasteiger partial charge in [0.2, 0.25) is 29.1 Å². The smallest absolute Gasteiger partial charge is 0.317 e. The molecule has 2 fully saturated rings. The van der Waals surface area contributed by atoms with Crippen LogP contribution in [0, 0.1) is 29.1 Å². The summed E-state index contributed by atoms with van der Waals surface area (Å²) in [6.45, 7) is 0. The molecule has 4 nitrogen and oxygen atoms in total. The summed E-state index contributed by atoms with van der Waals surface area (Å²) in [5.41, 5.74) is 0. The predicted octanol–water partition coefficient (Wildman–Crippen LogP) is 3.10. The van der Waals surface area contributed by atoms with E-state index in [-0.39, 0.29) is 31.0 Å². The summed E-state index contributed by atoms with van der Waals surface area (Å²) in [5, 5.41) is 2.52. The summed E-state index contributed by atoms with van der Waals surface area (Å²) in [5.74, 6) is -11.5. The fourth-order valence-electron chi connectivity index (χ4n) is 3.54. The van der Waals surface area contributed by atoms with Gasteiger partial charge in [-0.2, -0.15) is 8.78 Å². The van der Waals surface area contributed by atoms with Crippen molar-refractivity contribution in [2.45, 2.75) is 43.9 Å². The highest BCUT2D eigenvalue weighted by Gasteiger charge is 2.44. The molecule has 0 aromatic heterocycles. The second-order valence-electron chi connectivity index (χ2n) is 5.96. The van der Waals surface area contributed by atoms with Crippen LogP contribution in [0.4, 0.5) is 26.7 Å². The van der Waals surface area contributed by atoms with Gasteiger partial charge < -0.3 is 15.0 Å². The topological polar surface area (TPSA) is 41.6 Å². The second-order valence-corrected chi connectivity index (χ2v) is 5.96. The van der Waals surface area contributed by atoms with Crippen LogP contribution >= 0.6 is 0 Å². The zero-order chi connectivity index (χ0) is 17.6. The molecule has 132 valence electrons. The van der Waals surface area contributed by atoms with Gasteiger partial charge in [0, 0.05) is 32.0 Å². The van der Waals surface area contributed by atoms with Crippen LogP contribution in [0.25, 0.3) is 0 Å². The SMILES string of the molecule is CNC(=O)N1C2CCC1CC(Oc1c(F)c(F)c(F)c(F)c1F)C2. The molecular formula is C15H15F5N2O2. The van der Waals surface area contributed by atoms with Crippen LogP contribution in [0.15, 0.2) is 0 Å². The van der Waals surface area contributed by atoms with E-state index in [2.05, 4.69) is 5.32 Å². The first kappa shape index (κ1) is 16.8. The number of ether oxygens (including phenoxy) is 1. The van der Waals surface area contributed by atoms with E-state index in [1.807, 2.05) is 0 Å². The van der Waals surface area contributed by atoms with E-state index in [0.717, 1.165) is 0 Å². The highest BCUT2D eigenvalue weighted by molar-refractivity contribution is 5.75. The number of rotatable bonds is 2. The van der Waals surface area contributed by atoms with Crippen molar-refractivity contribution >= 4 is 6.03 Å². The van der Waals surface area contributed by atoms with Crippen LogP contribution in [-0.4, -0.2) is 36.2 Å². The molecule has 9 heteroatoms. The van der Waals surface area contributed by atoms with Crippen molar-refractivity contribution in [1.82, 2.24) is 10.2 Å². The molecule has 1 N–H and O–H groups in total. The minimum absolute atomic E-state index is 0.185. The number of nitrogens with one attached hydrogen (secondary N) is 1. The van der Waals surface area contributed by atoms with Gasteiger partial charge in [-0.15, -0.1) is 0 Å². The number of halogens is 5. The number of fused-ring (bicyclic) bond motifs is 2. The van der Waals surface area contributed by atoms with Crippen LogP contribution in [0.5, 0.6) is 5.75 Å². The average Bonchev–Trinajstić information content (AvgIpc) is 2.85. The van der Waals surface area contributed by atoms with Crippen LogP contribution in [0.3, 0.4) is 0 Å². The maximum atomic E-state index is 13.7. The van der Waals surface area contributed by atoms with Crippen molar-refractivity contribution in [3.05, 3.63) is 29.1 Å². The molecule has 2 saturated heterocycles. The van der Waals surface area contributed by atoms with Gasteiger partial charge in [-0.05, 0) is 12.8 Å². The standard InChI is InChI=1S/C15H15F5N2O2/c1-21-15(23)22-6-2-3-7(22)5-8(4-6)24-14-12(19)10(17)9(16)11(18)13(14)20/h6-8H,2-5H2,1H3,(H,21,23). The van der Waals surface area contributed by atoms with Crippen LogP contribution in [0.1, 0.15) is 25.7 Å². The monoisotopic (exact) mass is 350 g/mol. The Morgan fingerprint density at radius 1 is 0.958 bits per heavy atom. The molecule has 0 saturated carbocycles. The molecule has 2 amide bonds. The summed E-state index contributed by atoms with van der Waals surface area (Å²) in [6.07, 6.45) is 1.22. The Kier molecular flexibility index (Phi) is 4.27. The number of amides is 2. The first-order chi connectivity index (χ1) is 11.3. The molecule has 2 unspecified atom stereocenters. The van der Waals surface area contributed by atoms with Crippen LogP contribution < -0.4 is 10.1 Å². The van der Waals surface area contributed by atoms with Crippen molar-refractivity contribution in [3.63, 3.8) is 0 Å². The van der Waals surface area contributed by atoms with Gasteiger partial charge in [0.1, 0.15) is 6.10 Å². The molecule has 1 aromatic carbocycles. The molecule has 0 aliphatic carbocycles. The lowest BCUT2D eigenvalue weighted by molar-refractivity contribution is 0.0629. The number of benzene rings is 1. The Hall–Kier alpha value is -2.06. The van der Waals surface area contributed by atoms with Gasteiger partial charge in [-0.1, -0.05) is 0 Å². The van der Waals surface area contributed by atoms with E-state index >= 15 is 0 Å². The molecule has 2 aliphatic heterocycles. The third-order valence-electron chi connectivity index (χ3n) is 4.59. The van der Waals surface area contributed by atoms with Crippen molar-refractivity contribution in [1.29, 1.82) is 0 Å². The molecule has 2 bridgehead atoms. The zero-order valence-corrected chi connectivity index (χ0v) is 12.7. The Balaban J connectivity index is 1.81. The summed E-state index contributed by atoms with van der Waals surface area (Å²) in [4.78, 5) is 13.5. The van der Waals surface area contributed by atoms with Crippen molar-refractivity contribution < 1.29 is 31.5 Å². The second kappa shape index (κ2) is 6.10. The van der Waals surface area contributed by atoms with Gasteiger partial charge >= 0.3 is 6.03 Å². The lowest BCUT2D eigenvalue weighted by Gasteiger charge is -2.38. The molecule has 2 heterocycles. The number of hydrogen-bond acceptors (Lipinski definition) is 2. The van der Waals surface area contributed by atoms with E-state index in [1.165, 1.54) is 7.05 Å². The number of nitrogens with zero attached hydrogens (tertiary/aromatic N) is 1. The third-order valence-corrected chi connectivity index (χ3v) is 4.59. The summed E-state index contributed by atoms with van der Waals surface area (Å²) < 4.78 is 72.1. The minimum Gasteiger partial charge on any atom is -0.484 e. The number of urea groups is 1. The van der Waals surface area contributed by atoms with Gasteiger partial charge in [-0.25, -0.2) is 18.0 Å². The zero-order valence-electron chi connectivity index (χ0n) is 12.7. The summed E-state index contributed by atoms with van der Waals surface area (Å²) in [6, 6.07) is -0.623. The van der Waals surface area contributed by atoms with Crippen molar-refractivity contribution in [2.24, 2.45) is 0 Å².